The van der Waals surface area contributed by atoms with Crippen molar-refractivity contribution in [3.05, 3.63) is 53.1 Å². The molecular formula is C15H12ClF2NO3. The zero-order valence-corrected chi connectivity index (χ0v) is 12.3. The monoisotopic (exact) mass is 327 g/mol. The van der Waals surface area contributed by atoms with Crippen molar-refractivity contribution in [1.29, 1.82) is 0 Å². The SMILES string of the molecule is COc1ccc(OCC(=O)Nc2ccc(F)c(Cl)c2)cc1F. The number of nitrogens with one attached hydrogen (secondary N) is 1. The molecule has 0 saturated heterocycles. The summed E-state index contributed by atoms with van der Waals surface area (Å²) in [6, 6.07) is 7.76. The molecule has 0 radical (unpaired) electrons. The maximum atomic E-state index is 13.4. The van der Waals surface area contributed by atoms with E-state index in [1.807, 2.05) is 0 Å². The number of amides is 1. The van der Waals surface area contributed by atoms with Crippen LogP contribution in [0.4, 0.5) is 14.5 Å². The molecule has 7 heteroatoms. The molecular weight excluding hydrogens is 316 g/mol. The second-order valence-corrected chi connectivity index (χ2v) is 4.67. The van der Waals surface area contributed by atoms with Gasteiger partial charge in [-0.05, 0) is 30.3 Å². The van der Waals surface area contributed by atoms with E-state index < -0.39 is 17.5 Å². The van der Waals surface area contributed by atoms with Crippen molar-refractivity contribution in [2.75, 3.05) is 19.0 Å². The van der Waals surface area contributed by atoms with Crippen LogP contribution in [0.3, 0.4) is 0 Å². The molecule has 0 saturated carbocycles. The minimum Gasteiger partial charge on any atom is -0.494 e. The van der Waals surface area contributed by atoms with Crippen LogP contribution in [-0.2, 0) is 4.79 Å². The lowest BCUT2D eigenvalue weighted by atomic mass is 10.3. The quantitative estimate of drug-likeness (QED) is 0.912. The Balaban J connectivity index is 1.92. The van der Waals surface area contributed by atoms with Crippen molar-refractivity contribution in [2.24, 2.45) is 0 Å². The van der Waals surface area contributed by atoms with E-state index in [0.29, 0.717) is 5.69 Å². The van der Waals surface area contributed by atoms with Crippen LogP contribution in [0.25, 0.3) is 0 Å². The Hall–Kier alpha value is -2.34. The van der Waals surface area contributed by atoms with Gasteiger partial charge in [-0.2, -0.15) is 0 Å². The van der Waals surface area contributed by atoms with Crippen LogP contribution in [0.2, 0.25) is 5.02 Å². The number of anilines is 1. The maximum absolute atomic E-state index is 13.4. The average molecular weight is 328 g/mol. The molecule has 2 aromatic rings. The van der Waals surface area contributed by atoms with Gasteiger partial charge in [0.1, 0.15) is 11.6 Å². The molecule has 116 valence electrons. The number of halogens is 3. The Morgan fingerprint density at radius 1 is 1.18 bits per heavy atom. The van der Waals surface area contributed by atoms with Crippen LogP contribution in [-0.4, -0.2) is 19.6 Å². The van der Waals surface area contributed by atoms with Crippen LogP contribution in [0.5, 0.6) is 11.5 Å². The number of rotatable bonds is 5. The highest BCUT2D eigenvalue weighted by Gasteiger charge is 2.08. The van der Waals surface area contributed by atoms with Gasteiger partial charge in [0.05, 0.1) is 12.1 Å². The Bertz CT molecular complexity index is 694. The third-order valence-corrected chi connectivity index (χ3v) is 2.99. The van der Waals surface area contributed by atoms with Gasteiger partial charge in [0.25, 0.3) is 5.91 Å². The first-order chi connectivity index (χ1) is 10.5. The molecule has 0 aliphatic rings. The van der Waals surface area contributed by atoms with Crippen LogP contribution < -0.4 is 14.8 Å². The summed E-state index contributed by atoms with van der Waals surface area (Å²) in [5.74, 6) is -1.39. The van der Waals surface area contributed by atoms with E-state index in [-0.39, 0.29) is 23.1 Å². The fourth-order valence-electron chi connectivity index (χ4n) is 1.66. The lowest BCUT2D eigenvalue weighted by Gasteiger charge is -2.09. The Labute approximate surface area is 130 Å². The third kappa shape index (κ3) is 4.08. The average Bonchev–Trinajstić information content (AvgIpc) is 2.49. The van der Waals surface area contributed by atoms with Crippen LogP contribution in [0.15, 0.2) is 36.4 Å². The molecule has 1 N–H and O–H groups in total. The fourth-order valence-corrected chi connectivity index (χ4v) is 1.84. The van der Waals surface area contributed by atoms with Crippen molar-refractivity contribution in [1.82, 2.24) is 0 Å². The smallest absolute Gasteiger partial charge is 0.262 e. The molecule has 0 aliphatic heterocycles. The lowest BCUT2D eigenvalue weighted by molar-refractivity contribution is -0.118. The fraction of sp³-hybridized carbons (Fsp3) is 0.133. The minimum absolute atomic E-state index is 0.0813. The first kappa shape index (κ1) is 16.0. The number of carbonyl (C=O) groups excluding carboxylic acids is 1. The van der Waals surface area contributed by atoms with E-state index in [4.69, 9.17) is 21.1 Å². The topological polar surface area (TPSA) is 47.6 Å². The summed E-state index contributed by atoms with van der Waals surface area (Å²) in [5, 5.41) is 2.38. The molecule has 1 amide bonds. The molecule has 0 atom stereocenters. The van der Waals surface area contributed by atoms with Gasteiger partial charge >= 0.3 is 0 Å². The predicted molar refractivity (Wildman–Crippen MR) is 78.5 cm³/mol. The van der Waals surface area contributed by atoms with Gasteiger partial charge in [-0.15, -0.1) is 0 Å². The zero-order chi connectivity index (χ0) is 16.1. The maximum Gasteiger partial charge on any atom is 0.262 e. The van der Waals surface area contributed by atoms with E-state index in [9.17, 15) is 13.6 Å². The zero-order valence-electron chi connectivity index (χ0n) is 11.5. The number of benzene rings is 2. The predicted octanol–water partition coefficient (Wildman–Crippen LogP) is 3.64. The largest absolute Gasteiger partial charge is 0.494 e. The van der Waals surface area contributed by atoms with E-state index in [1.165, 1.54) is 31.4 Å². The van der Waals surface area contributed by atoms with Gasteiger partial charge in [-0.3, -0.25) is 4.79 Å². The third-order valence-electron chi connectivity index (χ3n) is 2.70. The van der Waals surface area contributed by atoms with Gasteiger partial charge in [0, 0.05) is 11.8 Å². The number of carbonyl (C=O) groups is 1. The molecule has 0 heterocycles. The molecule has 2 aromatic carbocycles. The Kier molecular flexibility index (Phi) is 5.16. The van der Waals surface area contributed by atoms with Crippen LogP contribution in [0, 0.1) is 11.6 Å². The minimum atomic E-state index is -0.592. The number of ether oxygens (including phenoxy) is 2. The molecule has 4 nitrogen and oxygen atoms in total. The van der Waals surface area contributed by atoms with Crippen LogP contribution in [0.1, 0.15) is 0 Å². The molecule has 0 bridgehead atoms. The molecule has 0 unspecified atom stereocenters. The van der Waals surface area contributed by atoms with E-state index in [2.05, 4.69) is 5.32 Å². The number of methoxy groups -OCH3 is 1. The van der Waals surface area contributed by atoms with Crippen LogP contribution >= 0.6 is 11.6 Å². The summed E-state index contributed by atoms with van der Waals surface area (Å²) in [6.45, 7) is -0.333. The molecule has 0 aliphatic carbocycles. The van der Waals surface area contributed by atoms with Crippen molar-refractivity contribution in [2.45, 2.75) is 0 Å². The normalized spacial score (nSPS) is 10.2. The highest BCUT2D eigenvalue weighted by molar-refractivity contribution is 6.31. The second-order valence-electron chi connectivity index (χ2n) is 4.26. The van der Waals surface area contributed by atoms with E-state index in [0.717, 1.165) is 12.1 Å². The van der Waals surface area contributed by atoms with Gasteiger partial charge in [0.2, 0.25) is 0 Å². The lowest BCUT2D eigenvalue weighted by Crippen LogP contribution is -2.20. The molecule has 0 fully saturated rings. The summed E-state index contributed by atoms with van der Waals surface area (Å²) in [7, 11) is 1.35. The number of hydrogen-bond donors (Lipinski definition) is 1. The molecule has 0 spiro atoms. The van der Waals surface area contributed by atoms with Gasteiger partial charge in [-0.25, -0.2) is 8.78 Å². The first-order valence-corrected chi connectivity index (χ1v) is 6.58. The van der Waals surface area contributed by atoms with Crippen molar-refractivity contribution in [3.8, 4) is 11.5 Å². The van der Waals surface area contributed by atoms with E-state index >= 15 is 0 Å². The summed E-state index contributed by atoms with van der Waals surface area (Å²) in [6.07, 6.45) is 0. The van der Waals surface area contributed by atoms with Crippen molar-refractivity contribution in [3.63, 3.8) is 0 Å². The summed E-state index contributed by atoms with van der Waals surface area (Å²) in [4.78, 5) is 11.7. The molecule has 2 rings (SSSR count). The highest BCUT2D eigenvalue weighted by Crippen LogP contribution is 2.22. The first-order valence-electron chi connectivity index (χ1n) is 6.21. The second kappa shape index (κ2) is 7.09. The molecule has 0 aromatic heterocycles. The van der Waals surface area contributed by atoms with E-state index in [1.54, 1.807) is 0 Å². The van der Waals surface area contributed by atoms with Gasteiger partial charge in [0.15, 0.2) is 18.2 Å². The standard InChI is InChI=1S/C15H12ClF2NO3/c1-21-14-5-3-10(7-13(14)18)22-8-15(20)19-9-2-4-12(17)11(16)6-9/h2-7H,8H2,1H3,(H,19,20). The molecule has 22 heavy (non-hydrogen) atoms. The summed E-state index contributed by atoms with van der Waals surface area (Å²) >= 11 is 5.61. The number of hydrogen-bond acceptors (Lipinski definition) is 3. The van der Waals surface area contributed by atoms with Gasteiger partial charge < -0.3 is 14.8 Å². The summed E-state index contributed by atoms with van der Waals surface area (Å²) < 4.78 is 36.4. The van der Waals surface area contributed by atoms with Crippen molar-refractivity contribution >= 4 is 23.2 Å². The Morgan fingerprint density at radius 2 is 1.95 bits per heavy atom. The highest BCUT2D eigenvalue weighted by atomic mass is 35.5. The van der Waals surface area contributed by atoms with Gasteiger partial charge in [-0.1, -0.05) is 11.6 Å². The van der Waals surface area contributed by atoms with Crippen molar-refractivity contribution < 1.29 is 23.0 Å². The Morgan fingerprint density at radius 3 is 2.59 bits per heavy atom. The summed E-state index contributed by atoms with van der Waals surface area (Å²) in [5.41, 5.74) is 0.334.